The highest BCUT2D eigenvalue weighted by molar-refractivity contribution is 7.14. The fourth-order valence-electron chi connectivity index (χ4n) is 3.00. The SMILES string of the molecule is COC(=O)c1ccc(-c2ccc(/C=C(/C#N)C(=O)Nc3nc(-c4ccccc4)cs3)o2)cc1. The summed E-state index contributed by atoms with van der Waals surface area (Å²) in [6.07, 6.45) is 1.37. The van der Waals surface area contributed by atoms with Gasteiger partial charge >= 0.3 is 5.97 Å². The fourth-order valence-corrected chi connectivity index (χ4v) is 3.72. The molecule has 0 atom stereocenters. The Morgan fingerprint density at radius 3 is 2.52 bits per heavy atom. The molecule has 0 spiro atoms. The lowest BCUT2D eigenvalue weighted by Crippen LogP contribution is -2.13. The Morgan fingerprint density at radius 1 is 1.06 bits per heavy atom. The smallest absolute Gasteiger partial charge is 0.337 e. The van der Waals surface area contributed by atoms with E-state index in [4.69, 9.17) is 4.42 Å². The summed E-state index contributed by atoms with van der Waals surface area (Å²) < 4.78 is 10.4. The molecular formula is C25H17N3O4S. The van der Waals surface area contributed by atoms with E-state index in [1.54, 1.807) is 36.4 Å². The zero-order valence-corrected chi connectivity index (χ0v) is 18.3. The number of benzene rings is 2. The standard InChI is InChI=1S/C25H17N3O4S/c1-31-24(30)18-9-7-17(8-10-18)22-12-11-20(32-22)13-19(14-26)23(29)28-25-27-21(15-33-25)16-5-3-2-4-6-16/h2-13,15H,1H3,(H,27,28,29)/b19-13-. The number of methoxy groups -OCH3 is 1. The van der Waals surface area contributed by atoms with Crippen LogP contribution in [0.25, 0.3) is 28.7 Å². The van der Waals surface area contributed by atoms with E-state index in [-0.39, 0.29) is 5.57 Å². The molecule has 0 saturated heterocycles. The highest BCUT2D eigenvalue weighted by Crippen LogP contribution is 2.26. The Hall–Kier alpha value is -4.48. The number of hydrogen-bond acceptors (Lipinski definition) is 7. The third-order valence-corrected chi connectivity index (χ3v) is 5.42. The number of nitrogens with zero attached hydrogens (tertiary/aromatic N) is 2. The molecule has 2 aromatic heterocycles. The van der Waals surface area contributed by atoms with Gasteiger partial charge in [0.1, 0.15) is 23.2 Å². The molecule has 0 bridgehead atoms. The van der Waals surface area contributed by atoms with E-state index in [9.17, 15) is 14.9 Å². The van der Waals surface area contributed by atoms with Crippen molar-refractivity contribution in [3.63, 3.8) is 0 Å². The summed E-state index contributed by atoms with van der Waals surface area (Å²) in [7, 11) is 1.32. The summed E-state index contributed by atoms with van der Waals surface area (Å²) in [5, 5.41) is 14.4. The molecule has 0 aliphatic heterocycles. The van der Waals surface area contributed by atoms with Crippen molar-refractivity contribution in [3.05, 3.63) is 89.0 Å². The predicted molar refractivity (Wildman–Crippen MR) is 125 cm³/mol. The van der Waals surface area contributed by atoms with Gasteiger partial charge in [0.2, 0.25) is 0 Å². The van der Waals surface area contributed by atoms with E-state index in [1.165, 1.54) is 24.5 Å². The molecule has 0 saturated carbocycles. The molecule has 4 aromatic rings. The summed E-state index contributed by atoms with van der Waals surface area (Å²) in [4.78, 5) is 28.5. The lowest BCUT2D eigenvalue weighted by molar-refractivity contribution is -0.112. The van der Waals surface area contributed by atoms with Gasteiger partial charge in [0.15, 0.2) is 5.13 Å². The van der Waals surface area contributed by atoms with Crippen LogP contribution >= 0.6 is 11.3 Å². The number of aromatic nitrogens is 1. The summed E-state index contributed by atoms with van der Waals surface area (Å²) in [6.45, 7) is 0. The van der Waals surface area contributed by atoms with Gasteiger partial charge in [-0.05, 0) is 24.3 Å². The third-order valence-electron chi connectivity index (χ3n) is 4.66. The van der Waals surface area contributed by atoms with Crippen molar-refractivity contribution in [2.45, 2.75) is 0 Å². The van der Waals surface area contributed by atoms with Crippen molar-refractivity contribution in [2.24, 2.45) is 0 Å². The first-order valence-electron chi connectivity index (χ1n) is 9.80. The second kappa shape index (κ2) is 9.77. The lowest BCUT2D eigenvalue weighted by Gasteiger charge is -2.01. The lowest BCUT2D eigenvalue weighted by atomic mass is 10.1. The molecule has 0 fully saturated rings. The first-order valence-corrected chi connectivity index (χ1v) is 10.7. The van der Waals surface area contributed by atoms with Crippen LogP contribution in [-0.4, -0.2) is 24.0 Å². The van der Waals surface area contributed by atoms with E-state index >= 15 is 0 Å². The molecule has 162 valence electrons. The number of hydrogen-bond donors (Lipinski definition) is 1. The zero-order chi connectivity index (χ0) is 23.2. The van der Waals surface area contributed by atoms with Crippen molar-refractivity contribution in [1.82, 2.24) is 4.98 Å². The molecule has 2 aromatic carbocycles. The summed E-state index contributed by atoms with van der Waals surface area (Å²) in [6, 6.07) is 21.6. The number of rotatable bonds is 6. The van der Waals surface area contributed by atoms with Gasteiger partial charge in [-0.3, -0.25) is 10.1 Å². The van der Waals surface area contributed by atoms with E-state index < -0.39 is 11.9 Å². The Kier molecular flexibility index (Phi) is 6.43. The summed E-state index contributed by atoms with van der Waals surface area (Å²) >= 11 is 1.28. The topological polar surface area (TPSA) is 105 Å². The van der Waals surface area contributed by atoms with Gasteiger partial charge in [0.05, 0.1) is 18.4 Å². The molecule has 8 heteroatoms. The number of amides is 1. The number of carbonyl (C=O) groups is 2. The first kappa shape index (κ1) is 21.7. The van der Waals surface area contributed by atoms with Crippen LogP contribution in [0.2, 0.25) is 0 Å². The van der Waals surface area contributed by atoms with Gasteiger partial charge in [-0.2, -0.15) is 5.26 Å². The zero-order valence-electron chi connectivity index (χ0n) is 17.4. The Balaban J connectivity index is 1.47. The quantitative estimate of drug-likeness (QED) is 0.237. The van der Waals surface area contributed by atoms with Crippen molar-refractivity contribution in [2.75, 3.05) is 12.4 Å². The molecule has 1 N–H and O–H groups in total. The van der Waals surface area contributed by atoms with E-state index in [2.05, 4.69) is 15.0 Å². The maximum Gasteiger partial charge on any atom is 0.337 e. The largest absolute Gasteiger partial charge is 0.465 e. The van der Waals surface area contributed by atoms with Crippen molar-refractivity contribution >= 4 is 34.4 Å². The number of furan rings is 1. The monoisotopic (exact) mass is 455 g/mol. The number of anilines is 1. The fraction of sp³-hybridized carbons (Fsp3) is 0.0400. The average molecular weight is 455 g/mol. The number of ether oxygens (including phenoxy) is 1. The molecule has 1 amide bonds. The molecule has 0 radical (unpaired) electrons. The Bertz CT molecular complexity index is 1360. The van der Waals surface area contributed by atoms with Crippen LogP contribution in [0.4, 0.5) is 5.13 Å². The van der Waals surface area contributed by atoms with Gasteiger partial charge in [0.25, 0.3) is 5.91 Å². The Morgan fingerprint density at radius 2 is 1.82 bits per heavy atom. The number of nitrogens with one attached hydrogen (secondary N) is 1. The van der Waals surface area contributed by atoms with Crippen molar-refractivity contribution in [1.29, 1.82) is 5.26 Å². The van der Waals surface area contributed by atoms with E-state index in [0.29, 0.717) is 22.2 Å². The van der Waals surface area contributed by atoms with E-state index in [0.717, 1.165) is 16.8 Å². The predicted octanol–water partition coefficient (Wildman–Crippen LogP) is 5.40. The average Bonchev–Trinajstić information content (AvgIpc) is 3.52. The molecule has 4 rings (SSSR count). The van der Waals surface area contributed by atoms with Gasteiger partial charge in [0, 0.05) is 22.6 Å². The van der Waals surface area contributed by atoms with Crippen molar-refractivity contribution < 1.29 is 18.7 Å². The number of carbonyl (C=O) groups excluding carboxylic acids is 2. The number of nitriles is 1. The molecule has 0 unspecified atom stereocenters. The maximum absolute atomic E-state index is 12.6. The maximum atomic E-state index is 12.6. The second-order valence-corrected chi connectivity index (χ2v) is 7.66. The Labute approximate surface area is 193 Å². The highest BCUT2D eigenvalue weighted by Gasteiger charge is 2.14. The van der Waals surface area contributed by atoms with Gasteiger partial charge in [-0.15, -0.1) is 11.3 Å². The third kappa shape index (κ3) is 5.06. The van der Waals surface area contributed by atoms with Crippen LogP contribution in [0.1, 0.15) is 16.1 Å². The first-order chi connectivity index (χ1) is 16.1. The van der Waals surface area contributed by atoms with Crippen LogP contribution in [0.3, 0.4) is 0 Å². The number of thiazole rings is 1. The molecular weight excluding hydrogens is 438 g/mol. The van der Waals surface area contributed by atoms with Crippen molar-refractivity contribution in [3.8, 4) is 28.7 Å². The minimum absolute atomic E-state index is 0.117. The van der Waals surface area contributed by atoms with E-state index in [1.807, 2.05) is 41.8 Å². The molecule has 0 aliphatic carbocycles. The van der Waals surface area contributed by atoms with Gasteiger partial charge < -0.3 is 9.15 Å². The summed E-state index contributed by atoms with van der Waals surface area (Å²) in [5.41, 5.74) is 2.73. The molecule has 2 heterocycles. The molecule has 33 heavy (non-hydrogen) atoms. The van der Waals surface area contributed by atoms with Crippen LogP contribution < -0.4 is 5.32 Å². The summed E-state index contributed by atoms with van der Waals surface area (Å²) in [5.74, 6) is -0.127. The van der Waals surface area contributed by atoms with Crippen LogP contribution in [0.5, 0.6) is 0 Å². The normalized spacial score (nSPS) is 11.0. The second-order valence-electron chi connectivity index (χ2n) is 6.80. The van der Waals surface area contributed by atoms with Crippen LogP contribution in [0, 0.1) is 11.3 Å². The van der Waals surface area contributed by atoms with Crippen LogP contribution in [0.15, 0.2) is 82.1 Å². The molecule has 0 aliphatic rings. The minimum Gasteiger partial charge on any atom is -0.465 e. The minimum atomic E-state index is -0.577. The van der Waals surface area contributed by atoms with Gasteiger partial charge in [-0.25, -0.2) is 9.78 Å². The van der Waals surface area contributed by atoms with Crippen LogP contribution in [-0.2, 0) is 9.53 Å². The number of esters is 1. The highest BCUT2D eigenvalue weighted by atomic mass is 32.1. The van der Waals surface area contributed by atoms with Gasteiger partial charge in [-0.1, -0.05) is 42.5 Å². The molecule has 7 nitrogen and oxygen atoms in total.